The Balaban J connectivity index is 3.09. The predicted molar refractivity (Wildman–Crippen MR) is 41.7 cm³/mol. The van der Waals surface area contributed by atoms with Gasteiger partial charge < -0.3 is 0 Å². The minimum atomic E-state index is 1.46. The van der Waals surface area contributed by atoms with Crippen molar-refractivity contribution in [2.75, 3.05) is 6.26 Å². The van der Waals surface area contributed by atoms with Crippen LogP contribution in [0.5, 0.6) is 0 Å². The Hall–Kier alpha value is 0.410. The summed E-state index contributed by atoms with van der Waals surface area (Å²) in [6, 6.07) is 0. The van der Waals surface area contributed by atoms with Crippen LogP contribution in [-0.4, -0.2) is 34.3 Å². The Kier molecular flexibility index (Phi) is 6.78. The Morgan fingerprint density at radius 3 is 2.86 bits per heavy atom. The summed E-state index contributed by atoms with van der Waals surface area (Å²) in [6.45, 7) is 5.61. The summed E-state index contributed by atoms with van der Waals surface area (Å²) in [5.41, 5.74) is 0. The first kappa shape index (κ1) is 7.41. The van der Waals surface area contributed by atoms with E-state index in [1.165, 1.54) is 11.9 Å². The molecular formula is CH5B4NS. The monoisotopic (exact) mass is 107 g/mol. The van der Waals surface area contributed by atoms with E-state index in [0.717, 1.165) is 0 Å². The molecule has 0 bridgehead atoms. The summed E-state index contributed by atoms with van der Waals surface area (Å²) in [5, 5.41) is 0. The van der Waals surface area contributed by atoms with Crippen molar-refractivity contribution in [2.24, 2.45) is 4.30 Å². The van der Waals surface area contributed by atoms with Crippen LogP contribution in [0.4, 0.5) is 0 Å². The third-order valence-electron chi connectivity index (χ3n) is 0.445. The Labute approximate surface area is 51.2 Å². The standard InChI is InChI=1S/CH5B4NS/c1-7-6-5-4-3-2/h2H2,1H3. The van der Waals surface area contributed by atoms with E-state index < -0.39 is 0 Å². The average Bonchev–Trinajstić information content (AvgIpc) is 1.69. The Morgan fingerprint density at radius 2 is 2.43 bits per heavy atom. The Morgan fingerprint density at radius 1 is 1.71 bits per heavy atom. The van der Waals surface area contributed by atoms with E-state index in [1.807, 2.05) is 27.4 Å². The predicted octanol–water partition coefficient (Wildman–Crippen LogP) is -1.06. The van der Waals surface area contributed by atoms with Gasteiger partial charge in [0.05, 0.1) is 0 Å². The fraction of sp³-hybridized carbons (Fsp3) is 1.00. The zero-order chi connectivity index (χ0) is 5.54. The molecule has 0 aliphatic heterocycles. The maximum atomic E-state index is 3.87. The first-order valence-corrected chi connectivity index (χ1v) is 3.27. The van der Waals surface area contributed by atoms with Crippen molar-refractivity contribution in [1.29, 1.82) is 0 Å². The van der Waals surface area contributed by atoms with E-state index in [4.69, 9.17) is 0 Å². The van der Waals surface area contributed by atoms with Crippen LogP contribution in [0.1, 0.15) is 0 Å². The third kappa shape index (κ3) is 6.41. The molecule has 0 saturated heterocycles. The van der Waals surface area contributed by atoms with Crippen LogP contribution in [0.25, 0.3) is 0 Å². The maximum absolute atomic E-state index is 3.87. The summed E-state index contributed by atoms with van der Waals surface area (Å²) in [5.74, 6) is 0. The third-order valence-corrected chi connectivity index (χ3v) is 0.777. The zero-order valence-corrected chi connectivity index (χ0v) is 5.40. The fourth-order valence-electron chi connectivity index (χ4n) is 0.182. The van der Waals surface area contributed by atoms with Gasteiger partial charge in [0, 0.05) is 0 Å². The number of hydrogen-bond acceptors (Lipinski definition) is 2. The van der Waals surface area contributed by atoms with E-state index in [1.54, 1.807) is 6.96 Å². The van der Waals surface area contributed by atoms with E-state index in [-0.39, 0.29) is 0 Å². The van der Waals surface area contributed by atoms with Crippen LogP contribution in [0.2, 0.25) is 0 Å². The quantitative estimate of drug-likeness (QED) is 0.323. The second kappa shape index (κ2) is 6.41. The summed E-state index contributed by atoms with van der Waals surface area (Å²) in [6.07, 6.45) is 1.93. The van der Waals surface area contributed by atoms with Crippen LogP contribution in [0.15, 0.2) is 4.30 Å². The van der Waals surface area contributed by atoms with E-state index >= 15 is 0 Å². The molecule has 0 aliphatic rings. The molecule has 0 radical (unpaired) electrons. The molecule has 0 amide bonds. The number of nitrogens with zero attached hydrogens (tertiary/aromatic N) is 1. The first-order valence-electron chi connectivity index (χ1n) is 2.09. The van der Waals surface area contributed by atoms with Crippen LogP contribution in [-0.2, 0) is 0 Å². The second-order valence-corrected chi connectivity index (χ2v) is 1.54. The molecule has 0 aromatic heterocycles. The molecule has 0 N–H and O–H groups in total. The molecule has 0 saturated carbocycles. The first-order chi connectivity index (χ1) is 3.41. The Bertz CT molecular complexity index is 79.8. The van der Waals surface area contributed by atoms with Gasteiger partial charge in [-0.1, -0.05) is 0 Å². The minimum absolute atomic E-state index is 1.46. The van der Waals surface area contributed by atoms with E-state index in [2.05, 4.69) is 4.30 Å². The molecule has 0 heterocycles. The SMILES string of the molecule is BB=BB=NSC. The van der Waals surface area contributed by atoms with Gasteiger partial charge in [-0.15, -0.1) is 0 Å². The molecule has 0 atom stereocenters. The van der Waals surface area contributed by atoms with Gasteiger partial charge in [-0.05, 0) is 0 Å². The van der Waals surface area contributed by atoms with Gasteiger partial charge in [0.25, 0.3) is 0 Å². The van der Waals surface area contributed by atoms with Crippen LogP contribution < -0.4 is 0 Å². The van der Waals surface area contributed by atoms with Crippen molar-refractivity contribution in [2.45, 2.75) is 0 Å². The molecule has 0 aromatic rings. The van der Waals surface area contributed by atoms with Gasteiger partial charge in [-0.3, -0.25) is 0 Å². The molecule has 6 heteroatoms. The van der Waals surface area contributed by atoms with E-state index in [0.29, 0.717) is 0 Å². The van der Waals surface area contributed by atoms with Gasteiger partial charge >= 0.3 is 50.6 Å². The van der Waals surface area contributed by atoms with Crippen molar-refractivity contribution < 1.29 is 0 Å². The van der Waals surface area contributed by atoms with Gasteiger partial charge in [-0.25, -0.2) is 0 Å². The van der Waals surface area contributed by atoms with Crippen molar-refractivity contribution in [3.63, 3.8) is 0 Å². The van der Waals surface area contributed by atoms with Crippen LogP contribution in [0.3, 0.4) is 0 Å². The van der Waals surface area contributed by atoms with Crippen molar-refractivity contribution in [3.05, 3.63) is 0 Å². The van der Waals surface area contributed by atoms with Gasteiger partial charge in [0.2, 0.25) is 0 Å². The average molecular weight is 106 g/mol. The molecule has 0 aromatic carbocycles. The topological polar surface area (TPSA) is 12.4 Å². The summed E-state index contributed by atoms with van der Waals surface area (Å²) < 4.78 is 3.87. The van der Waals surface area contributed by atoms with Gasteiger partial charge in [-0.2, -0.15) is 0 Å². The van der Waals surface area contributed by atoms with Crippen LogP contribution >= 0.6 is 11.9 Å². The van der Waals surface area contributed by atoms with Crippen LogP contribution in [0, 0.1) is 0 Å². The van der Waals surface area contributed by atoms with Crippen molar-refractivity contribution in [3.8, 4) is 0 Å². The normalized spacial score (nSPS) is 8.14. The van der Waals surface area contributed by atoms with E-state index in [9.17, 15) is 0 Å². The van der Waals surface area contributed by atoms with Gasteiger partial charge in [0.15, 0.2) is 0 Å². The summed E-state index contributed by atoms with van der Waals surface area (Å²) >= 11 is 1.46. The molecule has 0 rings (SSSR count). The molecular weight excluding hydrogens is 101 g/mol. The number of rotatable bonds is 2. The van der Waals surface area contributed by atoms with Crippen molar-refractivity contribution >= 4 is 40.0 Å². The molecule has 0 fully saturated rings. The molecule has 1 nitrogen and oxygen atoms in total. The fourth-order valence-corrected chi connectivity index (χ4v) is 0.374. The summed E-state index contributed by atoms with van der Waals surface area (Å²) in [4.78, 5) is 0. The number of hydrogen-bond donors (Lipinski definition) is 0. The van der Waals surface area contributed by atoms with Gasteiger partial charge in [0.1, 0.15) is 0 Å². The molecule has 0 aliphatic carbocycles. The molecule has 0 unspecified atom stereocenters. The van der Waals surface area contributed by atoms with Crippen molar-refractivity contribution in [1.82, 2.24) is 0 Å². The molecule has 0 spiro atoms. The summed E-state index contributed by atoms with van der Waals surface area (Å²) in [7, 11) is 1.96. The molecule has 7 heavy (non-hydrogen) atoms. The second-order valence-electron chi connectivity index (χ2n) is 0.963. The zero-order valence-electron chi connectivity index (χ0n) is 4.59. The molecule has 32 valence electrons.